The minimum absolute atomic E-state index is 0.153. The maximum atomic E-state index is 12.5. The number of urea groups is 1. The largest absolute Gasteiger partial charge is 0.454 e. The van der Waals surface area contributed by atoms with Gasteiger partial charge in [-0.3, -0.25) is 4.79 Å². The Labute approximate surface area is 201 Å². The number of aliphatic hydroxyl groups excluding tert-OH is 1. The Morgan fingerprint density at radius 3 is 2.40 bits per heavy atom. The van der Waals surface area contributed by atoms with Crippen LogP contribution in [0.15, 0.2) is 36.4 Å². The molecular formula is C24H27N3O8. The molecule has 1 fully saturated rings. The van der Waals surface area contributed by atoms with Gasteiger partial charge in [-0.15, -0.1) is 0 Å². The van der Waals surface area contributed by atoms with E-state index in [0.717, 1.165) is 5.56 Å². The highest BCUT2D eigenvalue weighted by Gasteiger charge is 2.33. The number of benzene rings is 2. The highest BCUT2D eigenvalue weighted by atomic mass is 16.7. The van der Waals surface area contributed by atoms with Crippen LogP contribution >= 0.6 is 0 Å². The number of ether oxygens (including phenoxy) is 5. The molecule has 0 spiro atoms. The monoisotopic (exact) mass is 485 g/mol. The van der Waals surface area contributed by atoms with Gasteiger partial charge in [0, 0.05) is 18.3 Å². The molecule has 1 saturated heterocycles. The number of anilines is 1. The molecule has 35 heavy (non-hydrogen) atoms. The zero-order chi connectivity index (χ0) is 24.2. The summed E-state index contributed by atoms with van der Waals surface area (Å²) in [7, 11) is 0. The fraction of sp³-hybridized carbons (Fsp3) is 0.417. The van der Waals surface area contributed by atoms with E-state index < -0.39 is 12.1 Å². The minimum Gasteiger partial charge on any atom is -0.454 e. The zero-order valence-electron chi connectivity index (χ0n) is 19.0. The van der Waals surface area contributed by atoms with Crippen molar-refractivity contribution in [2.75, 3.05) is 25.5 Å². The molecule has 0 aliphatic carbocycles. The number of carbonyl (C=O) groups is 2. The lowest BCUT2D eigenvalue weighted by Crippen LogP contribution is -2.52. The van der Waals surface area contributed by atoms with Crippen molar-refractivity contribution < 1.29 is 38.4 Å². The molecule has 0 unspecified atom stereocenters. The van der Waals surface area contributed by atoms with Gasteiger partial charge in [0.2, 0.25) is 19.5 Å². The molecule has 0 saturated carbocycles. The van der Waals surface area contributed by atoms with Crippen LogP contribution in [-0.2, 0) is 16.1 Å². The van der Waals surface area contributed by atoms with Gasteiger partial charge in [-0.1, -0.05) is 6.07 Å². The first-order valence-electron chi connectivity index (χ1n) is 11.5. The number of hydrogen-bond donors (Lipinski definition) is 4. The Morgan fingerprint density at radius 1 is 0.914 bits per heavy atom. The minimum atomic E-state index is -0.613. The van der Waals surface area contributed by atoms with Crippen LogP contribution in [-0.4, -0.2) is 55.5 Å². The predicted octanol–water partition coefficient (Wildman–Crippen LogP) is 1.88. The van der Waals surface area contributed by atoms with E-state index in [1.807, 2.05) is 18.2 Å². The van der Waals surface area contributed by atoms with Gasteiger partial charge in [-0.25, -0.2) is 4.79 Å². The van der Waals surface area contributed by atoms with Crippen molar-refractivity contribution >= 4 is 17.6 Å². The molecular weight excluding hydrogens is 458 g/mol. The molecule has 3 heterocycles. The first-order valence-corrected chi connectivity index (χ1v) is 11.5. The van der Waals surface area contributed by atoms with Crippen LogP contribution in [0.4, 0.5) is 10.5 Å². The molecule has 0 aromatic heterocycles. The van der Waals surface area contributed by atoms with Crippen LogP contribution < -0.4 is 34.9 Å². The third kappa shape index (κ3) is 5.52. The maximum Gasteiger partial charge on any atom is 0.319 e. The van der Waals surface area contributed by atoms with Crippen LogP contribution in [0.25, 0.3) is 0 Å². The number of carbonyl (C=O) groups excluding carboxylic acids is 2. The molecule has 3 atom stereocenters. The second-order valence-electron chi connectivity index (χ2n) is 8.50. The number of rotatable bonds is 7. The van der Waals surface area contributed by atoms with Gasteiger partial charge in [0.1, 0.15) is 6.10 Å². The number of aliphatic hydroxyl groups is 1. The molecule has 0 radical (unpaired) electrons. The van der Waals surface area contributed by atoms with Crippen LogP contribution in [0.3, 0.4) is 0 Å². The van der Waals surface area contributed by atoms with E-state index in [4.69, 9.17) is 23.7 Å². The van der Waals surface area contributed by atoms with E-state index in [2.05, 4.69) is 16.0 Å². The highest BCUT2D eigenvalue weighted by Crippen LogP contribution is 2.34. The van der Waals surface area contributed by atoms with E-state index in [-0.39, 0.29) is 44.7 Å². The SMILES string of the molecule is O=C(C[C@H]1CC[C@@H](NC(=O)Nc2ccc3c(c2)OCO3)[C@H](CO)O1)NCc1ccc2c(c1)OCO2. The van der Waals surface area contributed by atoms with E-state index in [0.29, 0.717) is 48.1 Å². The van der Waals surface area contributed by atoms with E-state index >= 15 is 0 Å². The first-order chi connectivity index (χ1) is 17.1. The van der Waals surface area contributed by atoms with Gasteiger partial charge < -0.3 is 44.7 Å². The molecule has 0 bridgehead atoms. The molecule has 3 amide bonds. The summed E-state index contributed by atoms with van der Waals surface area (Å²) < 4.78 is 27.1. The molecule has 4 N–H and O–H groups in total. The van der Waals surface area contributed by atoms with Crippen molar-refractivity contribution in [1.82, 2.24) is 10.6 Å². The third-order valence-electron chi connectivity index (χ3n) is 6.08. The molecule has 2 aromatic carbocycles. The van der Waals surface area contributed by atoms with Gasteiger partial charge in [0.05, 0.1) is 25.2 Å². The van der Waals surface area contributed by atoms with Gasteiger partial charge >= 0.3 is 6.03 Å². The van der Waals surface area contributed by atoms with Crippen molar-refractivity contribution in [3.8, 4) is 23.0 Å². The third-order valence-corrected chi connectivity index (χ3v) is 6.08. The summed E-state index contributed by atoms with van der Waals surface area (Å²) in [6, 6.07) is 9.84. The van der Waals surface area contributed by atoms with Crippen LogP contribution in [0.5, 0.6) is 23.0 Å². The number of nitrogens with one attached hydrogen (secondary N) is 3. The van der Waals surface area contributed by atoms with Crippen molar-refractivity contribution in [3.05, 3.63) is 42.0 Å². The first kappa shape index (κ1) is 23.1. The number of amides is 3. The van der Waals surface area contributed by atoms with E-state index in [9.17, 15) is 14.7 Å². The average Bonchev–Trinajstić information content (AvgIpc) is 3.52. The summed E-state index contributed by atoms with van der Waals surface area (Å²) in [5.41, 5.74) is 1.46. The predicted molar refractivity (Wildman–Crippen MR) is 123 cm³/mol. The Hall–Kier alpha value is -3.70. The standard InChI is InChI=1S/C24H27N3O8/c28-11-22-17(27-24(30)26-15-2-6-19-21(8-15)34-13-32-19)4-3-16(35-22)9-23(29)25-10-14-1-5-18-20(7-14)33-12-31-18/h1-2,5-8,16-17,22,28H,3-4,9-13H2,(H,25,29)(H2,26,27,30)/t16-,17-,22+/m1/s1. The van der Waals surface area contributed by atoms with E-state index in [1.165, 1.54) is 0 Å². The quantitative estimate of drug-likeness (QED) is 0.467. The Morgan fingerprint density at radius 2 is 1.63 bits per heavy atom. The second-order valence-corrected chi connectivity index (χ2v) is 8.50. The van der Waals surface area contributed by atoms with Crippen molar-refractivity contribution in [1.29, 1.82) is 0 Å². The Kier molecular flexibility index (Phi) is 6.77. The summed E-state index contributed by atoms with van der Waals surface area (Å²) in [5.74, 6) is 2.40. The Balaban J connectivity index is 1.07. The molecule has 11 nitrogen and oxygen atoms in total. The van der Waals surface area contributed by atoms with Gasteiger partial charge in [0.25, 0.3) is 0 Å². The van der Waals surface area contributed by atoms with Crippen molar-refractivity contribution in [2.24, 2.45) is 0 Å². The van der Waals surface area contributed by atoms with Crippen LogP contribution in [0, 0.1) is 0 Å². The molecule has 186 valence electrons. The van der Waals surface area contributed by atoms with Crippen molar-refractivity contribution in [3.63, 3.8) is 0 Å². The lowest BCUT2D eigenvalue weighted by Gasteiger charge is -2.35. The second kappa shape index (κ2) is 10.3. The summed E-state index contributed by atoms with van der Waals surface area (Å²) in [6.07, 6.45) is 0.344. The summed E-state index contributed by atoms with van der Waals surface area (Å²) in [4.78, 5) is 24.9. The summed E-state index contributed by atoms with van der Waals surface area (Å²) in [5, 5.41) is 18.3. The topological polar surface area (TPSA) is 137 Å². The smallest absolute Gasteiger partial charge is 0.319 e. The van der Waals surface area contributed by atoms with E-state index in [1.54, 1.807) is 18.2 Å². The number of fused-ring (bicyclic) bond motifs is 2. The van der Waals surface area contributed by atoms with Crippen molar-refractivity contribution in [2.45, 2.75) is 44.1 Å². The van der Waals surface area contributed by atoms with Gasteiger partial charge in [0.15, 0.2) is 23.0 Å². The lowest BCUT2D eigenvalue weighted by molar-refractivity contribution is -0.130. The summed E-state index contributed by atoms with van der Waals surface area (Å²) >= 11 is 0. The molecule has 11 heteroatoms. The molecule has 3 aliphatic rings. The normalized spacial score (nSPS) is 21.9. The highest BCUT2D eigenvalue weighted by molar-refractivity contribution is 5.90. The zero-order valence-corrected chi connectivity index (χ0v) is 19.0. The van der Waals surface area contributed by atoms with Gasteiger partial charge in [-0.05, 0) is 42.7 Å². The lowest BCUT2D eigenvalue weighted by atomic mass is 9.97. The average molecular weight is 485 g/mol. The van der Waals surface area contributed by atoms with Gasteiger partial charge in [-0.2, -0.15) is 0 Å². The van der Waals surface area contributed by atoms with Crippen LogP contribution in [0.2, 0.25) is 0 Å². The molecule has 5 rings (SSSR count). The number of hydrogen-bond acceptors (Lipinski definition) is 8. The fourth-order valence-corrected chi connectivity index (χ4v) is 4.29. The fourth-order valence-electron chi connectivity index (χ4n) is 4.29. The van der Waals surface area contributed by atoms with Crippen LogP contribution in [0.1, 0.15) is 24.8 Å². The molecule has 2 aromatic rings. The maximum absolute atomic E-state index is 12.5. The summed E-state index contributed by atoms with van der Waals surface area (Å²) in [6.45, 7) is 0.437. The molecule has 3 aliphatic heterocycles. The Bertz CT molecular complexity index is 1090.